The number of hydrogen-bond donors (Lipinski definition) is 2. The van der Waals surface area contributed by atoms with Crippen LogP contribution in [0.5, 0.6) is 0 Å². The summed E-state index contributed by atoms with van der Waals surface area (Å²) in [5, 5.41) is 9.55. The molecule has 0 aliphatic carbocycles. The molecular formula is C17H14FN3O3S3. The predicted molar refractivity (Wildman–Crippen MR) is 105 cm³/mol. The number of thioether (sulfide) groups is 1. The van der Waals surface area contributed by atoms with Crippen molar-refractivity contribution in [1.82, 2.24) is 4.98 Å². The van der Waals surface area contributed by atoms with Crippen LogP contribution in [0.1, 0.15) is 0 Å². The van der Waals surface area contributed by atoms with Gasteiger partial charge in [0.15, 0.2) is 4.34 Å². The lowest BCUT2D eigenvalue weighted by atomic mass is 10.2. The van der Waals surface area contributed by atoms with Crippen LogP contribution in [0, 0.1) is 5.82 Å². The summed E-state index contributed by atoms with van der Waals surface area (Å²) in [5.74, 6) is -0.410. The van der Waals surface area contributed by atoms with Crippen LogP contribution in [0.15, 0.2) is 63.1 Å². The van der Waals surface area contributed by atoms with E-state index >= 15 is 0 Å². The molecule has 0 atom stereocenters. The van der Waals surface area contributed by atoms with Crippen molar-refractivity contribution in [2.45, 2.75) is 9.24 Å². The first kappa shape index (κ1) is 19.5. The standard InChI is InChI=1S/C17H14FN3O3S3/c18-12-3-1-11(2-4-12)15-9-25-17(21-15)26-10-16(22)20-13-5-7-14(8-6-13)27(19,23)24/h1-9H,10H2,(H,20,22)(H2,19,23,24). The number of amides is 1. The molecule has 0 saturated heterocycles. The van der Waals surface area contributed by atoms with Crippen LogP contribution in [0.2, 0.25) is 0 Å². The van der Waals surface area contributed by atoms with Crippen LogP contribution < -0.4 is 10.5 Å². The number of anilines is 1. The number of thiazole rings is 1. The highest BCUT2D eigenvalue weighted by Crippen LogP contribution is 2.28. The van der Waals surface area contributed by atoms with Crippen LogP contribution in [-0.4, -0.2) is 25.1 Å². The second-order valence-corrected chi connectivity index (χ2v) is 9.05. The molecule has 3 rings (SSSR count). The van der Waals surface area contributed by atoms with E-state index < -0.39 is 10.0 Å². The molecule has 0 radical (unpaired) electrons. The lowest BCUT2D eigenvalue weighted by molar-refractivity contribution is -0.113. The molecular weight excluding hydrogens is 409 g/mol. The summed E-state index contributed by atoms with van der Waals surface area (Å²) < 4.78 is 36.1. The normalized spacial score (nSPS) is 11.3. The highest BCUT2D eigenvalue weighted by Gasteiger charge is 2.10. The number of carbonyl (C=O) groups is 1. The van der Waals surface area contributed by atoms with Gasteiger partial charge in [0.1, 0.15) is 5.82 Å². The summed E-state index contributed by atoms with van der Waals surface area (Å²) in [7, 11) is -3.76. The maximum absolute atomic E-state index is 13.0. The van der Waals surface area contributed by atoms with E-state index in [4.69, 9.17) is 5.14 Å². The van der Waals surface area contributed by atoms with Gasteiger partial charge in [0.25, 0.3) is 0 Å². The van der Waals surface area contributed by atoms with Crippen molar-refractivity contribution in [1.29, 1.82) is 0 Å². The first-order valence-electron chi connectivity index (χ1n) is 7.58. The van der Waals surface area contributed by atoms with Gasteiger partial charge in [-0.2, -0.15) is 0 Å². The first-order chi connectivity index (χ1) is 12.8. The number of hydrogen-bond acceptors (Lipinski definition) is 6. The van der Waals surface area contributed by atoms with E-state index in [1.165, 1.54) is 59.5 Å². The molecule has 6 nitrogen and oxygen atoms in total. The number of nitrogens with zero attached hydrogens (tertiary/aromatic N) is 1. The molecule has 27 heavy (non-hydrogen) atoms. The zero-order valence-electron chi connectivity index (χ0n) is 13.8. The largest absolute Gasteiger partial charge is 0.325 e. The Morgan fingerprint density at radius 1 is 1.15 bits per heavy atom. The van der Waals surface area contributed by atoms with Crippen molar-refractivity contribution >= 4 is 44.7 Å². The zero-order chi connectivity index (χ0) is 19.4. The van der Waals surface area contributed by atoms with Crippen molar-refractivity contribution in [2.75, 3.05) is 11.1 Å². The average Bonchev–Trinajstić information content (AvgIpc) is 3.09. The number of sulfonamides is 1. The second-order valence-electron chi connectivity index (χ2n) is 5.41. The Bertz CT molecular complexity index is 1050. The van der Waals surface area contributed by atoms with E-state index in [9.17, 15) is 17.6 Å². The molecule has 3 N–H and O–H groups in total. The molecule has 3 aromatic rings. The quantitative estimate of drug-likeness (QED) is 0.592. The Balaban J connectivity index is 1.56. The summed E-state index contributed by atoms with van der Waals surface area (Å²) in [5.41, 5.74) is 2.00. The molecule has 0 aliphatic rings. The van der Waals surface area contributed by atoms with Gasteiger partial charge in [-0.3, -0.25) is 4.79 Å². The smallest absolute Gasteiger partial charge is 0.238 e. The van der Waals surface area contributed by atoms with Crippen LogP contribution in [-0.2, 0) is 14.8 Å². The fourth-order valence-corrected chi connectivity index (χ4v) is 4.28. The number of halogens is 1. The van der Waals surface area contributed by atoms with E-state index in [1.807, 2.05) is 5.38 Å². The number of carbonyl (C=O) groups excluding carboxylic acids is 1. The lowest BCUT2D eigenvalue weighted by Crippen LogP contribution is -2.15. The Labute approximate surface area is 163 Å². The van der Waals surface area contributed by atoms with Crippen LogP contribution >= 0.6 is 23.1 Å². The third-order valence-electron chi connectivity index (χ3n) is 3.42. The summed E-state index contributed by atoms with van der Waals surface area (Å²) in [6.45, 7) is 0. The molecule has 0 saturated carbocycles. The number of primary sulfonamides is 1. The van der Waals surface area contributed by atoms with Crippen LogP contribution in [0.4, 0.5) is 10.1 Å². The second kappa shape index (κ2) is 8.17. The van der Waals surface area contributed by atoms with E-state index in [0.717, 1.165) is 11.3 Å². The van der Waals surface area contributed by atoms with Gasteiger partial charge in [-0.05, 0) is 48.5 Å². The Morgan fingerprint density at radius 3 is 2.44 bits per heavy atom. The molecule has 140 valence electrons. The van der Waals surface area contributed by atoms with Gasteiger partial charge < -0.3 is 5.32 Å². The van der Waals surface area contributed by atoms with Gasteiger partial charge in [0, 0.05) is 16.6 Å². The Kier molecular flexibility index (Phi) is 5.90. The van der Waals surface area contributed by atoms with Crippen molar-refractivity contribution in [3.8, 4) is 11.3 Å². The van der Waals surface area contributed by atoms with E-state index in [1.54, 1.807) is 12.1 Å². The summed E-state index contributed by atoms with van der Waals surface area (Å²) in [6.07, 6.45) is 0. The lowest BCUT2D eigenvalue weighted by Gasteiger charge is -2.05. The van der Waals surface area contributed by atoms with Crippen molar-refractivity contribution in [3.63, 3.8) is 0 Å². The molecule has 1 heterocycles. The van der Waals surface area contributed by atoms with Gasteiger partial charge in [-0.1, -0.05) is 11.8 Å². The fraction of sp³-hybridized carbons (Fsp3) is 0.0588. The molecule has 0 bridgehead atoms. The SMILES string of the molecule is NS(=O)(=O)c1ccc(NC(=O)CSc2nc(-c3ccc(F)cc3)cs2)cc1. The maximum Gasteiger partial charge on any atom is 0.238 e. The first-order valence-corrected chi connectivity index (χ1v) is 11.0. The number of aromatic nitrogens is 1. The molecule has 0 spiro atoms. The zero-order valence-corrected chi connectivity index (χ0v) is 16.2. The molecule has 1 aromatic heterocycles. The van der Waals surface area contributed by atoms with Gasteiger partial charge >= 0.3 is 0 Å². The molecule has 10 heteroatoms. The van der Waals surface area contributed by atoms with Gasteiger partial charge in [-0.25, -0.2) is 22.9 Å². The van der Waals surface area contributed by atoms with E-state index in [-0.39, 0.29) is 22.4 Å². The van der Waals surface area contributed by atoms with Crippen LogP contribution in [0.25, 0.3) is 11.3 Å². The van der Waals surface area contributed by atoms with Crippen molar-refractivity contribution in [2.24, 2.45) is 5.14 Å². The van der Waals surface area contributed by atoms with Crippen molar-refractivity contribution < 1.29 is 17.6 Å². The summed E-state index contributed by atoms with van der Waals surface area (Å²) in [6, 6.07) is 11.6. The summed E-state index contributed by atoms with van der Waals surface area (Å²) >= 11 is 2.68. The molecule has 0 aliphatic heterocycles. The number of benzene rings is 2. The van der Waals surface area contributed by atoms with Crippen LogP contribution in [0.3, 0.4) is 0 Å². The average molecular weight is 424 g/mol. The molecule has 1 amide bonds. The number of nitrogens with two attached hydrogens (primary N) is 1. The minimum atomic E-state index is -3.76. The number of rotatable bonds is 6. The highest BCUT2D eigenvalue weighted by molar-refractivity contribution is 8.01. The molecule has 0 fully saturated rings. The highest BCUT2D eigenvalue weighted by atomic mass is 32.2. The minimum Gasteiger partial charge on any atom is -0.325 e. The third kappa shape index (κ3) is 5.36. The van der Waals surface area contributed by atoms with E-state index in [2.05, 4.69) is 10.3 Å². The predicted octanol–water partition coefficient (Wildman–Crippen LogP) is 3.33. The van der Waals surface area contributed by atoms with Crippen molar-refractivity contribution in [3.05, 3.63) is 59.7 Å². The van der Waals surface area contributed by atoms with E-state index in [0.29, 0.717) is 10.0 Å². The summed E-state index contributed by atoms with van der Waals surface area (Å²) in [4.78, 5) is 16.4. The Hall–Kier alpha value is -2.27. The van der Waals surface area contributed by atoms with Gasteiger partial charge in [0.05, 0.1) is 16.3 Å². The topological polar surface area (TPSA) is 102 Å². The monoisotopic (exact) mass is 423 g/mol. The third-order valence-corrected chi connectivity index (χ3v) is 6.37. The fourth-order valence-electron chi connectivity index (χ4n) is 2.13. The minimum absolute atomic E-state index is 0.0222. The molecule has 0 unspecified atom stereocenters. The molecule has 2 aromatic carbocycles. The van der Waals surface area contributed by atoms with Gasteiger partial charge in [0.2, 0.25) is 15.9 Å². The maximum atomic E-state index is 13.0. The number of nitrogens with one attached hydrogen (secondary N) is 1. The van der Waals surface area contributed by atoms with Gasteiger partial charge in [-0.15, -0.1) is 11.3 Å². The Morgan fingerprint density at radius 2 is 1.81 bits per heavy atom.